The lowest BCUT2D eigenvalue weighted by Gasteiger charge is -2.12. The first kappa shape index (κ1) is 15.0. The lowest BCUT2D eigenvalue weighted by molar-refractivity contribution is 0.0313. The van der Waals surface area contributed by atoms with Gasteiger partial charge in [0.25, 0.3) is 0 Å². The van der Waals surface area contributed by atoms with E-state index in [0.717, 1.165) is 16.6 Å². The van der Waals surface area contributed by atoms with E-state index in [4.69, 9.17) is 4.74 Å². The summed E-state index contributed by atoms with van der Waals surface area (Å²) in [5.74, 6) is -0.840. The third kappa shape index (κ3) is 2.85. The Kier molecular flexibility index (Phi) is 3.93. The summed E-state index contributed by atoms with van der Waals surface area (Å²) in [5, 5.41) is 0.829. The van der Waals surface area contributed by atoms with Crippen LogP contribution in [0.4, 0.5) is 0 Å². The predicted octanol–water partition coefficient (Wildman–Crippen LogP) is 3.30. The molecule has 0 radical (unpaired) electrons. The molecule has 0 aliphatic rings. The standard InChI is InChI=1S/C18H16N2O3/c1-11-16(13-7-3-4-8-14(13)20-11)17(21)12(2)23-18(22)15-9-5-6-10-19-15/h3-10,12,20H,1-2H3. The zero-order valence-electron chi connectivity index (χ0n) is 12.9. The van der Waals surface area contributed by atoms with Crippen LogP contribution in [-0.4, -0.2) is 27.8 Å². The fraction of sp³-hybridized carbons (Fsp3) is 0.167. The molecule has 0 fully saturated rings. The molecule has 0 bridgehead atoms. The third-order valence-electron chi connectivity index (χ3n) is 3.67. The van der Waals surface area contributed by atoms with E-state index in [0.29, 0.717) is 5.56 Å². The molecule has 5 nitrogen and oxygen atoms in total. The van der Waals surface area contributed by atoms with E-state index in [2.05, 4.69) is 9.97 Å². The molecule has 0 aliphatic carbocycles. The van der Waals surface area contributed by atoms with Crippen molar-refractivity contribution in [3.63, 3.8) is 0 Å². The molecule has 5 heteroatoms. The quantitative estimate of drug-likeness (QED) is 0.593. The third-order valence-corrected chi connectivity index (χ3v) is 3.67. The Morgan fingerprint density at radius 2 is 1.87 bits per heavy atom. The Bertz CT molecular complexity index is 868. The number of fused-ring (bicyclic) bond motifs is 1. The molecular formula is C18H16N2O3. The summed E-state index contributed by atoms with van der Waals surface area (Å²) in [6.45, 7) is 3.41. The van der Waals surface area contributed by atoms with Crippen molar-refractivity contribution >= 4 is 22.7 Å². The largest absolute Gasteiger partial charge is 0.450 e. The number of benzene rings is 1. The molecule has 2 heterocycles. The van der Waals surface area contributed by atoms with Gasteiger partial charge in [-0.15, -0.1) is 0 Å². The molecule has 0 aliphatic heterocycles. The van der Waals surface area contributed by atoms with Crippen molar-refractivity contribution in [2.45, 2.75) is 20.0 Å². The van der Waals surface area contributed by atoms with Gasteiger partial charge in [-0.3, -0.25) is 4.79 Å². The number of para-hydroxylation sites is 1. The van der Waals surface area contributed by atoms with Crippen molar-refractivity contribution < 1.29 is 14.3 Å². The van der Waals surface area contributed by atoms with E-state index >= 15 is 0 Å². The molecule has 1 N–H and O–H groups in total. The first-order valence-electron chi connectivity index (χ1n) is 7.31. The van der Waals surface area contributed by atoms with Crippen molar-refractivity contribution in [3.8, 4) is 0 Å². The topological polar surface area (TPSA) is 72.1 Å². The maximum absolute atomic E-state index is 12.7. The molecule has 0 saturated carbocycles. The van der Waals surface area contributed by atoms with Crippen molar-refractivity contribution in [3.05, 3.63) is 65.6 Å². The van der Waals surface area contributed by atoms with Crippen LogP contribution in [0, 0.1) is 6.92 Å². The Balaban J connectivity index is 1.85. The van der Waals surface area contributed by atoms with E-state index in [-0.39, 0.29) is 11.5 Å². The van der Waals surface area contributed by atoms with Gasteiger partial charge < -0.3 is 9.72 Å². The van der Waals surface area contributed by atoms with Gasteiger partial charge in [0.05, 0.1) is 0 Å². The van der Waals surface area contributed by atoms with Gasteiger partial charge in [0.15, 0.2) is 6.10 Å². The number of aromatic amines is 1. The molecule has 2 aromatic heterocycles. The molecule has 3 aromatic rings. The minimum Gasteiger partial charge on any atom is -0.450 e. The van der Waals surface area contributed by atoms with Crippen LogP contribution < -0.4 is 0 Å². The first-order valence-corrected chi connectivity index (χ1v) is 7.31. The number of ketones is 1. The van der Waals surface area contributed by atoms with Gasteiger partial charge in [0.2, 0.25) is 5.78 Å². The van der Waals surface area contributed by atoms with E-state index in [1.165, 1.54) is 6.20 Å². The fourth-order valence-corrected chi connectivity index (χ4v) is 2.56. The van der Waals surface area contributed by atoms with Crippen molar-refractivity contribution in [1.82, 2.24) is 9.97 Å². The molecule has 3 rings (SSSR count). The van der Waals surface area contributed by atoms with E-state index in [9.17, 15) is 9.59 Å². The molecule has 1 unspecified atom stereocenters. The van der Waals surface area contributed by atoms with Gasteiger partial charge in [-0.25, -0.2) is 9.78 Å². The van der Waals surface area contributed by atoms with E-state index < -0.39 is 12.1 Å². The van der Waals surface area contributed by atoms with Crippen LogP contribution in [0.2, 0.25) is 0 Å². The number of carbonyl (C=O) groups is 2. The molecule has 0 amide bonds. The van der Waals surface area contributed by atoms with Crippen LogP contribution in [-0.2, 0) is 4.74 Å². The molecule has 116 valence electrons. The Morgan fingerprint density at radius 3 is 2.61 bits per heavy atom. The fourth-order valence-electron chi connectivity index (χ4n) is 2.56. The highest BCUT2D eigenvalue weighted by Gasteiger charge is 2.25. The normalized spacial score (nSPS) is 12.1. The van der Waals surface area contributed by atoms with E-state index in [1.807, 2.05) is 31.2 Å². The number of pyridine rings is 1. The van der Waals surface area contributed by atoms with Crippen LogP contribution in [0.3, 0.4) is 0 Å². The highest BCUT2D eigenvalue weighted by molar-refractivity contribution is 6.11. The molecule has 1 atom stereocenters. The summed E-state index contributed by atoms with van der Waals surface area (Å²) in [6, 6.07) is 12.5. The molecule has 0 spiro atoms. The summed E-state index contributed by atoms with van der Waals surface area (Å²) in [7, 11) is 0. The SMILES string of the molecule is Cc1[nH]c2ccccc2c1C(=O)C(C)OC(=O)c1ccccn1. The zero-order valence-corrected chi connectivity index (χ0v) is 12.9. The number of carbonyl (C=O) groups excluding carboxylic acids is 2. The maximum atomic E-state index is 12.7. The smallest absolute Gasteiger partial charge is 0.357 e. The monoisotopic (exact) mass is 308 g/mol. The lowest BCUT2D eigenvalue weighted by atomic mass is 10.0. The van der Waals surface area contributed by atoms with Gasteiger partial charge in [0, 0.05) is 28.4 Å². The van der Waals surface area contributed by atoms with Gasteiger partial charge in [0.1, 0.15) is 5.69 Å². The van der Waals surface area contributed by atoms with Gasteiger partial charge in [-0.2, -0.15) is 0 Å². The predicted molar refractivity (Wildman–Crippen MR) is 86.5 cm³/mol. The molecule has 23 heavy (non-hydrogen) atoms. The van der Waals surface area contributed by atoms with Gasteiger partial charge >= 0.3 is 5.97 Å². The second kappa shape index (κ2) is 6.04. The van der Waals surface area contributed by atoms with Crippen LogP contribution in [0.1, 0.15) is 33.5 Å². The summed E-state index contributed by atoms with van der Waals surface area (Å²) >= 11 is 0. The highest BCUT2D eigenvalue weighted by Crippen LogP contribution is 2.24. The number of aryl methyl sites for hydroxylation is 1. The average Bonchev–Trinajstić information content (AvgIpc) is 2.90. The second-order valence-corrected chi connectivity index (χ2v) is 5.30. The number of ether oxygens (including phenoxy) is 1. The number of aromatic nitrogens is 2. The van der Waals surface area contributed by atoms with E-state index in [1.54, 1.807) is 25.1 Å². The molecule has 1 aromatic carbocycles. The van der Waals surface area contributed by atoms with Gasteiger partial charge in [-0.1, -0.05) is 24.3 Å². The number of esters is 1. The van der Waals surface area contributed by atoms with Gasteiger partial charge in [-0.05, 0) is 32.0 Å². The van der Waals surface area contributed by atoms with Crippen LogP contribution in [0.5, 0.6) is 0 Å². The van der Waals surface area contributed by atoms with Crippen molar-refractivity contribution in [2.75, 3.05) is 0 Å². The number of rotatable bonds is 4. The summed E-state index contributed by atoms with van der Waals surface area (Å²) in [6.07, 6.45) is 0.620. The van der Waals surface area contributed by atoms with Crippen LogP contribution >= 0.6 is 0 Å². The van der Waals surface area contributed by atoms with Crippen LogP contribution in [0.25, 0.3) is 10.9 Å². The minimum atomic E-state index is -0.887. The first-order chi connectivity index (χ1) is 11.1. The number of H-pyrrole nitrogens is 1. The Hall–Kier alpha value is -2.95. The minimum absolute atomic E-state index is 0.183. The highest BCUT2D eigenvalue weighted by atomic mass is 16.5. The Labute approximate surface area is 133 Å². The zero-order chi connectivity index (χ0) is 16.4. The van der Waals surface area contributed by atoms with Crippen molar-refractivity contribution in [2.24, 2.45) is 0 Å². The van der Waals surface area contributed by atoms with Crippen molar-refractivity contribution in [1.29, 1.82) is 0 Å². The summed E-state index contributed by atoms with van der Waals surface area (Å²) < 4.78 is 5.26. The summed E-state index contributed by atoms with van der Waals surface area (Å²) in [4.78, 5) is 31.8. The number of nitrogens with zero attached hydrogens (tertiary/aromatic N) is 1. The lowest BCUT2D eigenvalue weighted by Crippen LogP contribution is -2.25. The number of hydrogen-bond acceptors (Lipinski definition) is 4. The average molecular weight is 308 g/mol. The Morgan fingerprint density at radius 1 is 1.13 bits per heavy atom. The molecular weight excluding hydrogens is 292 g/mol. The van der Waals surface area contributed by atoms with Crippen LogP contribution in [0.15, 0.2) is 48.7 Å². The summed E-state index contributed by atoms with van der Waals surface area (Å²) in [5.41, 5.74) is 2.39. The number of Topliss-reactive ketones (excluding diaryl/α,β-unsaturated/α-hetero) is 1. The number of nitrogens with one attached hydrogen (secondary N) is 1. The second-order valence-electron chi connectivity index (χ2n) is 5.30. The molecule has 0 saturated heterocycles. The maximum Gasteiger partial charge on any atom is 0.357 e. The number of hydrogen-bond donors (Lipinski definition) is 1.